The number of nitrogens with zero attached hydrogens (tertiary/aromatic N) is 3. The number of rotatable bonds is 7. The molecule has 3 aromatic rings. The third-order valence-electron chi connectivity index (χ3n) is 5.68. The second-order valence-electron chi connectivity index (χ2n) is 8.16. The zero-order chi connectivity index (χ0) is 20.2. The SMILES string of the molecule is CC(C)c1ccnc2cc(-c3ccc(CN4CCC(NCCO)CC4)cn3)sc12. The first kappa shape index (κ1) is 20.4. The number of pyridine rings is 2. The monoisotopic (exact) mass is 410 g/mol. The van der Waals surface area contributed by atoms with Gasteiger partial charge in [0.15, 0.2) is 0 Å². The summed E-state index contributed by atoms with van der Waals surface area (Å²) in [5.41, 5.74) is 4.72. The van der Waals surface area contributed by atoms with E-state index >= 15 is 0 Å². The Kier molecular flexibility index (Phi) is 6.55. The van der Waals surface area contributed by atoms with E-state index in [9.17, 15) is 0 Å². The number of aliphatic hydroxyl groups is 1. The van der Waals surface area contributed by atoms with Gasteiger partial charge in [-0.15, -0.1) is 11.3 Å². The smallest absolute Gasteiger partial charge is 0.0819 e. The van der Waals surface area contributed by atoms with E-state index in [4.69, 9.17) is 10.1 Å². The lowest BCUT2D eigenvalue weighted by molar-refractivity contribution is 0.184. The Labute approximate surface area is 176 Å². The average Bonchev–Trinajstić information content (AvgIpc) is 3.18. The number of piperidine rings is 1. The summed E-state index contributed by atoms with van der Waals surface area (Å²) >= 11 is 1.79. The van der Waals surface area contributed by atoms with Gasteiger partial charge in [0.2, 0.25) is 0 Å². The number of hydrogen-bond donors (Lipinski definition) is 2. The van der Waals surface area contributed by atoms with E-state index in [2.05, 4.69) is 53.3 Å². The third kappa shape index (κ3) is 4.83. The van der Waals surface area contributed by atoms with E-state index in [0.717, 1.165) is 43.7 Å². The predicted molar refractivity (Wildman–Crippen MR) is 120 cm³/mol. The topological polar surface area (TPSA) is 61.3 Å². The van der Waals surface area contributed by atoms with Crippen LogP contribution < -0.4 is 5.32 Å². The molecule has 0 atom stereocenters. The molecule has 0 amide bonds. The minimum absolute atomic E-state index is 0.215. The fourth-order valence-electron chi connectivity index (χ4n) is 4.02. The molecule has 154 valence electrons. The van der Waals surface area contributed by atoms with E-state index in [-0.39, 0.29) is 6.61 Å². The van der Waals surface area contributed by atoms with Crippen molar-refractivity contribution in [1.82, 2.24) is 20.2 Å². The molecule has 0 aliphatic carbocycles. The molecule has 6 heteroatoms. The largest absolute Gasteiger partial charge is 0.395 e. The molecule has 2 N–H and O–H groups in total. The summed E-state index contributed by atoms with van der Waals surface area (Å²) in [4.78, 5) is 13.0. The highest BCUT2D eigenvalue weighted by Gasteiger charge is 2.19. The summed E-state index contributed by atoms with van der Waals surface area (Å²) in [7, 11) is 0. The molecular formula is C23H30N4OS. The molecule has 0 saturated carbocycles. The van der Waals surface area contributed by atoms with Crippen LogP contribution in [0, 0.1) is 0 Å². The van der Waals surface area contributed by atoms with Gasteiger partial charge in [-0.1, -0.05) is 19.9 Å². The molecule has 1 fully saturated rings. The van der Waals surface area contributed by atoms with Crippen molar-refractivity contribution in [2.45, 2.75) is 45.2 Å². The molecule has 0 unspecified atom stereocenters. The molecule has 0 aromatic carbocycles. The third-order valence-corrected chi connectivity index (χ3v) is 6.88. The maximum absolute atomic E-state index is 8.94. The Morgan fingerprint density at radius 3 is 2.72 bits per heavy atom. The zero-order valence-corrected chi connectivity index (χ0v) is 18.1. The highest BCUT2D eigenvalue weighted by molar-refractivity contribution is 7.22. The normalized spacial score (nSPS) is 16.1. The van der Waals surface area contributed by atoms with Crippen molar-refractivity contribution in [1.29, 1.82) is 0 Å². The van der Waals surface area contributed by atoms with Crippen molar-refractivity contribution in [2.75, 3.05) is 26.2 Å². The molecule has 1 saturated heterocycles. The molecule has 0 bridgehead atoms. The number of hydrogen-bond acceptors (Lipinski definition) is 6. The Morgan fingerprint density at radius 2 is 2.03 bits per heavy atom. The number of likely N-dealkylation sites (tertiary alicyclic amines) is 1. The molecule has 4 rings (SSSR count). The molecule has 4 heterocycles. The van der Waals surface area contributed by atoms with Crippen LogP contribution in [0.1, 0.15) is 43.7 Å². The minimum atomic E-state index is 0.215. The lowest BCUT2D eigenvalue weighted by Gasteiger charge is -2.32. The van der Waals surface area contributed by atoms with Crippen LogP contribution in [0.15, 0.2) is 36.7 Å². The van der Waals surface area contributed by atoms with Gasteiger partial charge in [-0.3, -0.25) is 14.9 Å². The fourth-order valence-corrected chi connectivity index (χ4v) is 5.28. The van der Waals surface area contributed by atoms with Crippen LogP contribution in [-0.2, 0) is 6.54 Å². The Hall–Kier alpha value is -1.86. The van der Waals surface area contributed by atoms with Gasteiger partial charge in [0.1, 0.15) is 0 Å². The summed E-state index contributed by atoms with van der Waals surface area (Å²) < 4.78 is 1.28. The van der Waals surface area contributed by atoms with Crippen LogP contribution in [0.4, 0.5) is 0 Å². The van der Waals surface area contributed by atoms with E-state index in [1.807, 2.05) is 12.4 Å². The van der Waals surface area contributed by atoms with E-state index < -0.39 is 0 Å². The number of aromatic nitrogens is 2. The molecular weight excluding hydrogens is 380 g/mol. The number of fused-ring (bicyclic) bond motifs is 1. The highest BCUT2D eigenvalue weighted by atomic mass is 32.1. The van der Waals surface area contributed by atoms with Crippen LogP contribution in [0.5, 0.6) is 0 Å². The van der Waals surface area contributed by atoms with Gasteiger partial charge in [-0.2, -0.15) is 0 Å². The van der Waals surface area contributed by atoms with Gasteiger partial charge in [-0.25, -0.2) is 0 Å². The first-order valence-corrected chi connectivity index (χ1v) is 11.4. The standard InChI is InChI=1S/C23H30N4OS/c1-16(2)19-5-8-25-21-13-22(29-23(19)21)20-4-3-17(14-26-20)15-27-10-6-18(7-11-27)24-9-12-28/h3-5,8,13-14,16,18,24,28H,6-7,9-12,15H2,1-2H3. The number of aliphatic hydroxyl groups excluding tert-OH is 1. The van der Waals surface area contributed by atoms with Crippen LogP contribution >= 0.6 is 11.3 Å². The fraction of sp³-hybridized carbons (Fsp3) is 0.478. The van der Waals surface area contributed by atoms with E-state index in [1.54, 1.807) is 11.3 Å². The molecule has 3 aromatic heterocycles. The molecule has 1 aliphatic heterocycles. The van der Waals surface area contributed by atoms with Crippen molar-refractivity contribution in [3.05, 3.63) is 47.8 Å². The van der Waals surface area contributed by atoms with Gasteiger partial charge < -0.3 is 10.4 Å². The van der Waals surface area contributed by atoms with E-state index in [0.29, 0.717) is 18.5 Å². The summed E-state index contributed by atoms with van der Waals surface area (Å²) in [5, 5.41) is 12.4. The summed E-state index contributed by atoms with van der Waals surface area (Å²) in [6.45, 7) is 8.50. The van der Waals surface area contributed by atoms with E-state index in [1.165, 1.54) is 20.7 Å². The van der Waals surface area contributed by atoms with Crippen LogP contribution in [0.25, 0.3) is 20.8 Å². The summed E-state index contributed by atoms with van der Waals surface area (Å²) in [5.74, 6) is 0.491. The Morgan fingerprint density at radius 1 is 1.21 bits per heavy atom. The molecule has 29 heavy (non-hydrogen) atoms. The van der Waals surface area contributed by atoms with Crippen molar-refractivity contribution < 1.29 is 5.11 Å². The number of thiophene rings is 1. The van der Waals surface area contributed by atoms with Crippen molar-refractivity contribution in [2.24, 2.45) is 0 Å². The van der Waals surface area contributed by atoms with Gasteiger partial charge in [0.25, 0.3) is 0 Å². The second kappa shape index (κ2) is 9.30. The average molecular weight is 411 g/mol. The van der Waals surface area contributed by atoms with Crippen LogP contribution in [0.2, 0.25) is 0 Å². The maximum atomic E-state index is 8.94. The van der Waals surface area contributed by atoms with Crippen LogP contribution in [-0.4, -0.2) is 52.3 Å². The lowest BCUT2D eigenvalue weighted by atomic mass is 10.0. The van der Waals surface area contributed by atoms with Gasteiger partial charge in [-0.05, 0) is 61.2 Å². The summed E-state index contributed by atoms with van der Waals surface area (Å²) in [6.07, 6.45) is 6.21. The maximum Gasteiger partial charge on any atom is 0.0819 e. The first-order valence-electron chi connectivity index (χ1n) is 10.5. The van der Waals surface area contributed by atoms with Crippen molar-refractivity contribution >= 4 is 21.6 Å². The number of nitrogens with one attached hydrogen (secondary N) is 1. The van der Waals surface area contributed by atoms with Gasteiger partial charge in [0.05, 0.1) is 27.4 Å². The molecule has 1 aliphatic rings. The molecule has 0 spiro atoms. The lowest BCUT2D eigenvalue weighted by Crippen LogP contribution is -2.42. The van der Waals surface area contributed by atoms with Crippen molar-refractivity contribution in [3.8, 4) is 10.6 Å². The van der Waals surface area contributed by atoms with Gasteiger partial charge in [0, 0.05) is 31.5 Å². The van der Waals surface area contributed by atoms with Gasteiger partial charge >= 0.3 is 0 Å². The minimum Gasteiger partial charge on any atom is -0.395 e. The van der Waals surface area contributed by atoms with Crippen molar-refractivity contribution in [3.63, 3.8) is 0 Å². The molecule has 5 nitrogen and oxygen atoms in total. The summed E-state index contributed by atoms with van der Waals surface area (Å²) in [6, 6.07) is 9.19. The Bertz CT molecular complexity index is 930. The molecule has 0 radical (unpaired) electrons. The van der Waals surface area contributed by atoms with Crippen LogP contribution in [0.3, 0.4) is 0 Å². The second-order valence-corrected chi connectivity index (χ2v) is 9.21. The Balaban J connectivity index is 1.41. The highest BCUT2D eigenvalue weighted by Crippen LogP contribution is 2.36. The first-order chi connectivity index (χ1) is 14.1. The quantitative estimate of drug-likeness (QED) is 0.616. The zero-order valence-electron chi connectivity index (χ0n) is 17.3. The predicted octanol–water partition coefficient (Wildman–Crippen LogP) is 4.03.